The molecule has 0 aromatic heterocycles. The van der Waals surface area contributed by atoms with Crippen molar-refractivity contribution in [3.8, 4) is 0 Å². The number of hydrogen-bond acceptors (Lipinski definition) is 8. The van der Waals surface area contributed by atoms with Gasteiger partial charge in [0.25, 0.3) is 0 Å². The molecule has 46 heavy (non-hydrogen) atoms. The Bertz CT molecular complexity index is 1410. The molecule has 11 rings (SSSR count). The number of rotatable bonds is 4. The van der Waals surface area contributed by atoms with Crippen molar-refractivity contribution in [1.82, 2.24) is 0 Å². The van der Waals surface area contributed by atoms with E-state index in [9.17, 15) is 19.2 Å². The topological polar surface area (TPSA) is 105 Å². The van der Waals surface area contributed by atoms with Gasteiger partial charge in [-0.15, -0.1) is 6.58 Å². The molecular formula is C34H52B2N2O8. The van der Waals surface area contributed by atoms with Crippen LogP contribution in [-0.4, -0.2) is 84.3 Å². The summed E-state index contributed by atoms with van der Waals surface area (Å²) in [6, 6.07) is 0.570. The van der Waals surface area contributed by atoms with Gasteiger partial charge in [0.05, 0.1) is 12.1 Å². The first-order chi connectivity index (χ1) is 21.5. The van der Waals surface area contributed by atoms with Gasteiger partial charge in [-0.05, 0) is 66.0 Å². The second kappa shape index (κ2) is 9.21. The van der Waals surface area contributed by atoms with Crippen molar-refractivity contribution in [2.24, 2.45) is 52.3 Å². The molecule has 0 amide bonds. The minimum Gasteiger partial charge on any atom is -0.600 e. The number of hydrogen-bond donors (Lipinski definition) is 0. The summed E-state index contributed by atoms with van der Waals surface area (Å²) in [5.41, 5.74) is 0.763. The zero-order chi connectivity index (χ0) is 33.0. The number of carbonyl (C=O) groups is 4. The molecule has 252 valence electrons. The lowest BCUT2D eigenvalue weighted by Crippen LogP contribution is -2.73. The van der Waals surface area contributed by atoms with Gasteiger partial charge in [0.2, 0.25) is 0 Å². The van der Waals surface area contributed by atoms with Crippen LogP contribution in [0.3, 0.4) is 0 Å². The average molecular weight is 638 g/mol. The summed E-state index contributed by atoms with van der Waals surface area (Å²) in [5, 5.41) is 0. The van der Waals surface area contributed by atoms with E-state index in [2.05, 4.69) is 55.0 Å². The van der Waals surface area contributed by atoms with Gasteiger partial charge in [-0.3, -0.25) is 19.2 Å². The number of fused-ring (bicyclic) bond motifs is 8. The number of carbonyl (C=O) groups excluding carboxylic acids is 4. The fourth-order valence-electron chi connectivity index (χ4n) is 13.4. The third-order valence-corrected chi connectivity index (χ3v) is 16.3. The summed E-state index contributed by atoms with van der Waals surface area (Å²) < 4.78 is 23.7. The van der Waals surface area contributed by atoms with Gasteiger partial charge in [0.15, 0.2) is 0 Å². The van der Waals surface area contributed by atoms with Gasteiger partial charge in [-0.2, -0.15) is 0 Å². The zero-order valence-corrected chi connectivity index (χ0v) is 28.7. The average Bonchev–Trinajstić information content (AvgIpc) is 3.28. The van der Waals surface area contributed by atoms with Crippen LogP contribution in [-0.2, 0) is 37.8 Å². The highest BCUT2D eigenvalue weighted by Crippen LogP contribution is 2.67. The summed E-state index contributed by atoms with van der Waals surface area (Å²) in [4.78, 5) is 48.8. The Morgan fingerprint density at radius 2 is 1.04 bits per heavy atom. The SMILES string of the molecule is C=C[B-]12OC(=O)C[N+]1([C@H]1CC3CC([C@@H]1C)C3(C)C)CC(=O)O2.C[C@@H]1C2CC(C[C@@H]1[N+]13CC(=O)O[B-]1([C@H]1C[C@@H]1C)OC(=O)C3)C2(C)C. The smallest absolute Gasteiger partial charge is 0.600 e. The molecule has 11 aliphatic rings. The largest absolute Gasteiger partial charge is 0.607 e. The molecule has 4 aliphatic heterocycles. The highest BCUT2D eigenvalue weighted by atomic mass is 16.7. The van der Waals surface area contributed by atoms with E-state index >= 15 is 0 Å². The van der Waals surface area contributed by atoms with Crippen LogP contribution in [0.2, 0.25) is 5.82 Å². The summed E-state index contributed by atoms with van der Waals surface area (Å²) in [5.74, 6) is 5.10. The predicted octanol–water partition coefficient (Wildman–Crippen LogP) is 3.99. The second-order valence-corrected chi connectivity index (χ2v) is 18.4. The van der Waals surface area contributed by atoms with Crippen LogP contribution in [0.25, 0.3) is 0 Å². The molecule has 4 heterocycles. The maximum atomic E-state index is 12.4. The molecule has 12 heteroatoms. The van der Waals surface area contributed by atoms with Crippen LogP contribution < -0.4 is 0 Å². The normalized spacial score (nSPS) is 54.4. The Morgan fingerprint density at radius 3 is 1.41 bits per heavy atom. The van der Waals surface area contributed by atoms with Crippen molar-refractivity contribution in [2.75, 3.05) is 26.2 Å². The highest BCUT2D eigenvalue weighted by molar-refractivity contribution is 6.71. The zero-order valence-electron chi connectivity index (χ0n) is 28.7. The van der Waals surface area contributed by atoms with E-state index in [4.69, 9.17) is 18.6 Å². The van der Waals surface area contributed by atoms with Crippen molar-refractivity contribution in [2.45, 2.75) is 98.5 Å². The van der Waals surface area contributed by atoms with E-state index in [1.807, 2.05) is 0 Å². The fourth-order valence-corrected chi connectivity index (χ4v) is 13.4. The van der Waals surface area contributed by atoms with Crippen LogP contribution in [0.15, 0.2) is 12.6 Å². The first kappa shape index (κ1) is 31.0. The van der Waals surface area contributed by atoms with Gasteiger partial charge in [0.1, 0.15) is 26.2 Å². The molecule has 0 aromatic carbocycles. The fraction of sp³-hybridized carbons (Fsp3) is 0.824. The van der Waals surface area contributed by atoms with Gasteiger partial charge < -0.3 is 27.4 Å². The Hall–Kier alpha value is -2.33. The summed E-state index contributed by atoms with van der Waals surface area (Å²) in [7, 11) is 0. The molecule has 4 unspecified atom stereocenters. The minimum atomic E-state index is -2.07. The summed E-state index contributed by atoms with van der Waals surface area (Å²) in [6.45, 7) is 17.3. The first-order valence-electron chi connectivity index (χ1n) is 18.0. The Kier molecular flexibility index (Phi) is 6.20. The van der Waals surface area contributed by atoms with Crippen molar-refractivity contribution < 1.29 is 46.6 Å². The lowest BCUT2D eigenvalue weighted by molar-refractivity contribution is -0.852. The monoisotopic (exact) mass is 638 g/mol. The van der Waals surface area contributed by atoms with Gasteiger partial charge in [0, 0.05) is 11.8 Å². The Labute approximate surface area is 273 Å². The van der Waals surface area contributed by atoms with Gasteiger partial charge in [-0.1, -0.05) is 66.8 Å². The molecule has 10 nitrogen and oxygen atoms in total. The molecule has 7 saturated carbocycles. The van der Waals surface area contributed by atoms with Crippen LogP contribution in [0.4, 0.5) is 0 Å². The third-order valence-electron chi connectivity index (χ3n) is 16.3. The maximum absolute atomic E-state index is 12.4. The lowest BCUT2D eigenvalue weighted by atomic mass is 9.43. The molecule has 11 fully saturated rings. The number of quaternary nitrogens is 2. The molecule has 0 aromatic rings. The van der Waals surface area contributed by atoms with Crippen LogP contribution >= 0.6 is 0 Å². The quantitative estimate of drug-likeness (QED) is 0.426. The molecule has 0 N–H and O–H groups in total. The molecule has 4 bridgehead atoms. The van der Waals surface area contributed by atoms with Gasteiger partial charge in [-0.25, -0.2) is 0 Å². The van der Waals surface area contributed by atoms with Crippen molar-refractivity contribution in [3.63, 3.8) is 0 Å². The second-order valence-electron chi connectivity index (χ2n) is 18.4. The molecule has 4 saturated heterocycles. The highest BCUT2D eigenvalue weighted by Gasteiger charge is 2.78. The molecule has 10 atom stereocenters. The molecule has 0 spiro atoms. The van der Waals surface area contributed by atoms with Crippen molar-refractivity contribution >= 4 is 37.3 Å². The maximum Gasteiger partial charge on any atom is 0.607 e. The molecule has 0 radical (unpaired) electrons. The van der Waals surface area contributed by atoms with Crippen LogP contribution in [0.1, 0.15) is 80.6 Å². The minimum absolute atomic E-state index is 0.160. The molecular weight excluding hydrogens is 586 g/mol. The Morgan fingerprint density at radius 1 is 0.652 bits per heavy atom. The van der Waals surface area contributed by atoms with Crippen molar-refractivity contribution in [3.05, 3.63) is 12.6 Å². The van der Waals surface area contributed by atoms with E-state index in [0.717, 1.165) is 19.3 Å². The van der Waals surface area contributed by atoms with Crippen molar-refractivity contribution in [1.29, 1.82) is 0 Å². The van der Waals surface area contributed by atoms with Crippen LogP contribution in [0, 0.1) is 52.3 Å². The summed E-state index contributed by atoms with van der Waals surface area (Å²) in [6.07, 6.45) is 5.72. The summed E-state index contributed by atoms with van der Waals surface area (Å²) >= 11 is 0. The van der Waals surface area contributed by atoms with E-state index in [1.165, 1.54) is 12.8 Å². The first-order valence-corrected chi connectivity index (χ1v) is 18.0. The molecule has 7 aliphatic carbocycles. The standard InChI is InChI=1S/C18H28BNO4.C16H24BNO4/c1-10-5-14(10)19-20(8-16(21)23-19,9-17(22)24-19)15-7-12-6-13(11(15)2)18(12,3)4;1-5-17-18(8-14(19)21-17,9-15(20)22-17)13-7-11-6-12(10(13)2)16(11,3)4/h10-15H,5-9H2,1-4H3;5,10-13H,1,6-9H2,2-4H3/t10-,11+,12?,13?,14-,15-,19?,20?;10-,11?,12?,13-,17?,18?/m00/s1. The van der Waals surface area contributed by atoms with E-state index in [-0.39, 0.29) is 48.8 Å². The predicted molar refractivity (Wildman–Crippen MR) is 169 cm³/mol. The lowest BCUT2D eigenvalue weighted by Gasteiger charge is -2.66. The van der Waals surface area contributed by atoms with Gasteiger partial charge >= 0.3 is 37.3 Å². The number of nitrogens with zero attached hydrogens (tertiary/aromatic N) is 2. The third kappa shape index (κ3) is 3.58. The Balaban J connectivity index is 0.000000136. The van der Waals surface area contributed by atoms with Crippen LogP contribution in [0.5, 0.6) is 0 Å². The van der Waals surface area contributed by atoms with E-state index < -0.39 is 13.4 Å². The van der Waals surface area contributed by atoms with E-state index in [0.29, 0.717) is 80.2 Å². The van der Waals surface area contributed by atoms with E-state index in [1.54, 1.807) is 5.98 Å².